The monoisotopic (exact) mass is 350 g/mol. The molecule has 0 bridgehead atoms. The van der Waals surface area contributed by atoms with Crippen LogP contribution in [0.25, 0.3) is 10.8 Å². The molecule has 0 aliphatic heterocycles. The summed E-state index contributed by atoms with van der Waals surface area (Å²) in [5, 5.41) is 2.28. The van der Waals surface area contributed by atoms with E-state index in [1.54, 1.807) is 7.11 Å². The molecule has 2 rings (SSSR count). The second-order valence-electron chi connectivity index (χ2n) is 8.04. The maximum absolute atomic E-state index is 5.56. The summed E-state index contributed by atoms with van der Waals surface area (Å²) in [5.74, 6) is 7.63. The first-order valence-corrected chi connectivity index (χ1v) is 15.3. The third-order valence-electron chi connectivity index (χ3n) is 3.38. The van der Waals surface area contributed by atoms with Gasteiger partial charge in [0.05, 0.1) is 12.7 Å². The minimum absolute atomic E-state index is 0.837. The van der Waals surface area contributed by atoms with Crippen molar-refractivity contribution in [2.75, 3.05) is 7.11 Å². The van der Waals surface area contributed by atoms with Gasteiger partial charge in [-0.1, -0.05) is 63.3 Å². The molecule has 1 nitrogen and oxygen atoms in total. The van der Waals surface area contributed by atoms with Gasteiger partial charge in [-0.3, -0.25) is 0 Å². The zero-order chi connectivity index (χ0) is 18.0. The van der Waals surface area contributed by atoms with E-state index >= 15 is 0 Å². The lowest BCUT2D eigenvalue weighted by atomic mass is 10.00. The Morgan fingerprint density at radius 3 is 1.96 bits per heavy atom. The molecular weight excluding hydrogens is 324 g/mol. The number of rotatable bonds is 1. The highest BCUT2D eigenvalue weighted by Crippen LogP contribution is 2.29. The molecule has 0 saturated heterocycles. The van der Waals surface area contributed by atoms with Crippen LogP contribution < -0.4 is 4.74 Å². The molecule has 0 unspecified atom stereocenters. The largest absolute Gasteiger partial charge is 0.495 e. The maximum atomic E-state index is 5.56. The van der Waals surface area contributed by atoms with Gasteiger partial charge in [-0.2, -0.15) is 0 Å². The van der Waals surface area contributed by atoms with E-state index in [1.807, 2.05) is 6.07 Å². The lowest BCUT2D eigenvalue weighted by Gasteiger charge is -2.10. The van der Waals surface area contributed by atoms with Gasteiger partial charge in [0, 0.05) is 10.9 Å². The van der Waals surface area contributed by atoms with Crippen LogP contribution in [0.2, 0.25) is 39.3 Å². The van der Waals surface area contributed by atoms with Gasteiger partial charge in [-0.25, -0.2) is 0 Å². The molecule has 0 fully saturated rings. The van der Waals surface area contributed by atoms with E-state index < -0.39 is 16.1 Å². The third kappa shape index (κ3) is 4.77. The lowest BCUT2D eigenvalue weighted by molar-refractivity contribution is 0.414. The molecule has 0 radical (unpaired) electrons. The van der Waals surface area contributed by atoms with E-state index in [0.717, 1.165) is 27.6 Å². The minimum Gasteiger partial charge on any atom is -0.495 e. The Morgan fingerprint density at radius 2 is 1.38 bits per heavy atom. The fourth-order valence-corrected chi connectivity index (χ4v) is 3.26. The summed E-state index contributed by atoms with van der Waals surface area (Å²) in [6.07, 6.45) is 0. The summed E-state index contributed by atoms with van der Waals surface area (Å²) < 4.78 is 5.56. The van der Waals surface area contributed by atoms with Crippen LogP contribution in [0.4, 0.5) is 0 Å². The summed E-state index contributed by atoms with van der Waals surface area (Å²) in [5.41, 5.74) is 8.98. The van der Waals surface area contributed by atoms with Crippen LogP contribution in [0.15, 0.2) is 30.3 Å². The number of fused-ring (bicyclic) bond motifs is 1. The zero-order valence-corrected chi connectivity index (χ0v) is 17.8. The SMILES string of the molecule is COc1ccc2c(C#C[Si](C)(C)C)cccc2c1C#C[Si](C)(C)C. The molecule has 0 atom stereocenters. The highest BCUT2D eigenvalue weighted by molar-refractivity contribution is 6.84. The highest BCUT2D eigenvalue weighted by Gasteiger charge is 2.12. The first-order valence-electron chi connectivity index (χ1n) is 8.27. The zero-order valence-electron chi connectivity index (χ0n) is 15.8. The van der Waals surface area contributed by atoms with Gasteiger partial charge < -0.3 is 4.74 Å². The van der Waals surface area contributed by atoms with E-state index in [0.29, 0.717) is 0 Å². The highest BCUT2D eigenvalue weighted by atomic mass is 28.3. The average Bonchev–Trinajstić information content (AvgIpc) is 2.48. The normalized spacial score (nSPS) is 11.3. The topological polar surface area (TPSA) is 9.23 Å². The van der Waals surface area contributed by atoms with Crippen molar-refractivity contribution in [3.63, 3.8) is 0 Å². The molecule has 2 aromatic carbocycles. The quantitative estimate of drug-likeness (QED) is 0.500. The Morgan fingerprint density at radius 1 is 0.750 bits per heavy atom. The van der Waals surface area contributed by atoms with E-state index in [1.165, 1.54) is 0 Å². The Balaban J connectivity index is 2.72. The average molecular weight is 351 g/mol. The van der Waals surface area contributed by atoms with Crippen LogP contribution in [0, 0.1) is 22.9 Å². The Hall–Kier alpha value is -1.95. The molecule has 0 spiro atoms. The molecule has 24 heavy (non-hydrogen) atoms. The van der Waals surface area contributed by atoms with Crippen molar-refractivity contribution in [2.45, 2.75) is 39.3 Å². The van der Waals surface area contributed by atoms with Crippen LogP contribution in [-0.2, 0) is 0 Å². The number of hydrogen-bond donors (Lipinski definition) is 0. The van der Waals surface area contributed by atoms with Crippen LogP contribution in [0.3, 0.4) is 0 Å². The van der Waals surface area contributed by atoms with Gasteiger partial charge in [0.1, 0.15) is 21.9 Å². The van der Waals surface area contributed by atoms with Crippen molar-refractivity contribution in [1.82, 2.24) is 0 Å². The molecule has 0 aromatic heterocycles. The van der Waals surface area contributed by atoms with Crippen molar-refractivity contribution in [2.24, 2.45) is 0 Å². The van der Waals surface area contributed by atoms with Crippen LogP contribution in [0.5, 0.6) is 5.75 Å². The Kier molecular flexibility index (Phi) is 5.28. The van der Waals surface area contributed by atoms with Crippen molar-refractivity contribution < 1.29 is 4.74 Å². The molecule has 124 valence electrons. The van der Waals surface area contributed by atoms with Gasteiger partial charge in [0.25, 0.3) is 0 Å². The van der Waals surface area contributed by atoms with Gasteiger partial charge in [-0.05, 0) is 23.6 Å². The third-order valence-corrected chi connectivity index (χ3v) is 5.13. The van der Waals surface area contributed by atoms with Gasteiger partial charge >= 0.3 is 0 Å². The second-order valence-corrected chi connectivity index (χ2v) is 17.5. The second kappa shape index (κ2) is 6.89. The van der Waals surface area contributed by atoms with Crippen LogP contribution in [-0.4, -0.2) is 23.3 Å². The maximum Gasteiger partial charge on any atom is 0.135 e. The summed E-state index contributed by atoms with van der Waals surface area (Å²) in [7, 11) is -1.16. The summed E-state index contributed by atoms with van der Waals surface area (Å²) in [4.78, 5) is 0. The molecule has 0 saturated carbocycles. The molecule has 0 amide bonds. The molecule has 0 aliphatic rings. The fourth-order valence-electron chi connectivity index (χ4n) is 2.25. The summed E-state index contributed by atoms with van der Waals surface area (Å²) in [6.45, 7) is 13.5. The molecule has 2 aromatic rings. The standard InChI is InChI=1S/C21H26OSi2/c1-22-21-12-11-18-17(13-15-23(2,3)4)9-8-10-19(18)20(21)14-16-24(5,6)7/h8-12H,1-7H3. The van der Waals surface area contributed by atoms with Crippen LogP contribution >= 0.6 is 0 Å². The minimum atomic E-state index is -1.46. The van der Waals surface area contributed by atoms with Gasteiger partial charge in [0.2, 0.25) is 0 Å². The van der Waals surface area contributed by atoms with E-state index in [4.69, 9.17) is 4.74 Å². The molecule has 0 heterocycles. The summed E-state index contributed by atoms with van der Waals surface area (Å²) >= 11 is 0. The van der Waals surface area contributed by atoms with Crippen molar-refractivity contribution in [3.8, 4) is 28.7 Å². The van der Waals surface area contributed by atoms with Crippen molar-refractivity contribution >= 4 is 26.9 Å². The van der Waals surface area contributed by atoms with Crippen molar-refractivity contribution in [1.29, 1.82) is 0 Å². The Labute approximate surface area is 148 Å². The van der Waals surface area contributed by atoms with E-state index in [2.05, 4.69) is 86.5 Å². The van der Waals surface area contributed by atoms with Crippen LogP contribution in [0.1, 0.15) is 11.1 Å². The summed E-state index contributed by atoms with van der Waals surface area (Å²) in [6, 6.07) is 10.4. The number of benzene rings is 2. The Bertz CT molecular complexity index is 876. The van der Waals surface area contributed by atoms with Gasteiger partial charge in [0.15, 0.2) is 0 Å². The molecule has 0 aliphatic carbocycles. The van der Waals surface area contributed by atoms with Crippen molar-refractivity contribution in [3.05, 3.63) is 41.5 Å². The molecule has 3 heteroatoms. The smallest absolute Gasteiger partial charge is 0.135 e. The van der Waals surface area contributed by atoms with E-state index in [9.17, 15) is 0 Å². The predicted octanol–water partition coefficient (Wildman–Crippen LogP) is 5.31. The lowest BCUT2D eigenvalue weighted by Crippen LogP contribution is -2.16. The number of hydrogen-bond acceptors (Lipinski definition) is 1. The first kappa shape index (κ1) is 18.4. The van der Waals surface area contributed by atoms with E-state index in [-0.39, 0.29) is 0 Å². The molecular formula is C21H26OSi2. The first-order chi connectivity index (χ1) is 11.1. The number of methoxy groups -OCH3 is 1. The number of ether oxygens (including phenoxy) is 1. The fraction of sp³-hybridized carbons (Fsp3) is 0.333. The van der Waals surface area contributed by atoms with Gasteiger partial charge in [-0.15, -0.1) is 11.1 Å². The molecule has 0 N–H and O–H groups in total. The predicted molar refractivity (Wildman–Crippen MR) is 111 cm³/mol.